The molecule has 1 saturated heterocycles. The Kier molecular flexibility index (Phi) is 5.08. The lowest BCUT2D eigenvalue weighted by molar-refractivity contribution is 0.0914. The van der Waals surface area contributed by atoms with Crippen LogP contribution in [0.4, 0.5) is 0 Å². The number of piperidine rings is 1. The quantitative estimate of drug-likeness (QED) is 0.831. The Morgan fingerprint density at radius 3 is 2.22 bits per heavy atom. The number of likely N-dealkylation sites (tertiary alicyclic amines) is 1. The number of nitrogens with zero attached hydrogens (tertiary/aromatic N) is 1. The van der Waals surface area contributed by atoms with E-state index < -0.39 is 0 Å². The largest absolute Gasteiger partial charge is 0.317 e. The van der Waals surface area contributed by atoms with Crippen LogP contribution in [0.2, 0.25) is 0 Å². The van der Waals surface area contributed by atoms with Gasteiger partial charge in [0.05, 0.1) is 0 Å². The van der Waals surface area contributed by atoms with Gasteiger partial charge in [0.2, 0.25) is 0 Å². The van der Waals surface area contributed by atoms with Crippen molar-refractivity contribution in [2.45, 2.75) is 52.5 Å². The molecule has 0 bridgehead atoms. The summed E-state index contributed by atoms with van der Waals surface area (Å²) in [5.41, 5.74) is 0. The van der Waals surface area contributed by atoms with Crippen LogP contribution in [-0.4, -0.2) is 37.6 Å². The zero-order valence-corrected chi connectivity index (χ0v) is 12.8. The number of hydrogen-bond donors (Lipinski definition) is 1. The molecule has 5 atom stereocenters. The smallest absolute Gasteiger partial charge is 0.0105 e. The lowest BCUT2D eigenvalue weighted by atomic mass is 9.78. The summed E-state index contributed by atoms with van der Waals surface area (Å²) in [7, 11) is 2.15. The molecule has 0 spiro atoms. The van der Waals surface area contributed by atoms with Crippen molar-refractivity contribution in [2.24, 2.45) is 23.7 Å². The van der Waals surface area contributed by atoms with Gasteiger partial charge in [-0.2, -0.15) is 0 Å². The standard InChI is InChI=1S/C16H32N2/c1-12-5-6-16(17-4)15(8-12)11-18-9-13(2)7-14(3)10-18/h12-17H,5-11H2,1-4H3. The summed E-state index contributed by atoms with van der Waals surface area (Å²) in [4.78, 5) is 2.74. The van der Waals surface area contributed by atoms with E-state index in [1.807, 2.05) is 0 Å². The van der Waals surface area contributed by atoms with Gasteiger partial charge in [-0.1, -0.05) is 20.8 Å². The first-order valence-corrected chi connectivity index (χ1v) is 7.98. The minimum Gasteiger partial charge on any atom is -0.317 e. The summed E-state index contributed by atoms with van der Waals surface area (Å²) in [5.74, 6) is 3.58. The molecule has 0 aromatic heterocycles. The minimum atomic E-state index is 0.758. The SMILES string of the molecule is CNC1CCC(C)CC1CN1CC(C)CC(C)C1. The molecule has 0 amide bonds. The van der Waals surface area contributed by atoms with E-state index in [-0.39, 0.29) is 0 Å². The molecule has 1 N–H and O–H groups in total. The van der Waals surface area contributed by atoms with Crippen LogP contribution in [0.1, 0.15) is 46.5 Å². The lowest BCUT2D eigenvalue weighted by Gasteiger charge is -2.41. The van der Waals surface area contributed by atoms with Crippen LogP contribution in [0.5, 0.6) is 0 Å². The third-order valence-corrected chi connectivity index (χ3v) is 5.05. The zero-order chi connectivity index (χ0) is 13.1. The summed E-state index contributed by atoms with van der Waals surface area (Å²) >= 11 is 0. The van der Waals surface area contributed by atoms with Crippen LogP contribution in [0.15, 0.2) is 0 Å². The van der Waals surface area contributed by atoms with Crippen molar-refractivity contribution in [3.05, 3.63) is 0 Å². The third-order valence-electron chi connectivity index (χ3n) is 5.05. The van der Waals surface area contributed by atoms with Crippen molar-refractivity contribution in [3.8, 4) is 0 Å². The fourth-order valence-electron chi connectivity index (χ4n) is 4.35. The highest BCUT2D eigenvalue weighted by Gasteiger charge is 2.31. The monoisotopic (exact) mass is 252 g/mol. The first-order valence-electron chi connectivity index (χ1n) is 7.98. The highest BCUT2D eigenvalue weighted by Crippen LogP contribution is 2.31. The molecule has 2 heteroatoms. The van der Waals surface area contributed by atoms with Crippen LogP contribution < -0.4 is 5.32 Å². The Hall–Kier alpha value is -0.0800. The van der Waals surface area contributed by atoms with Gasteiger partial charge >= 0.3 is 0 Å². The molecule has 1 heterocycles. The van der Waals surface area contributed by atoms with Gasteiger partial charge in [-0.15, -0.1) is 0 Å². The molecule has 1 aliphatic heterocycles. The normalized spacial score (nSPS) is 43.0. The summed E-state index contributed by atoms with van der Waals surface area (Å²) in [5, 5.41) is 3.56. The molecule has 2 aliphatic rings. The first-order chi connectivity index (χ1) is 8.58. The second-order valence-electron chi connectivity index (χ2n) is 7.24. The maximum Gasteiger partial charge on any atom is 0.0105 e. The van der Waals surface area contributed by atoms with Gasteiger partial charge in [0.25, 0.3) is 0 Å². The van der Waals surface area contributed by atoms with Crippen molar-refractivity contribution < 1.29 is 0 Å². The molecule has 2 fully saturated rings. The van der Waals surface area contributed by atoms with Gasteiger partial charge in [0.1, 0.15) is 0 Å². The number of nitrogens with one attached hydrogen (secondary N) is 1. The average molecular weight is 252 g/mol. The Labute approximate surface area is 114 Å². The van der Waals surface area contributed by atoms with Gasteiger partial charge < -0.3 is 10.2 Å². The molecule has 5 unspecified atom stereocenters. The highest BCUT2D eigenvalue weighted by molar-refractivity contribution is 4.86. The number of rotatable bonds is 3. The molecule has 2 rings (SSSR count). The topological polar surface area (TPSA) is 15.3 Å². The van der Waals surface area contributed by atoms with E-state index in [0.29, 0.717) is 0 Å². The van der Waals surface area contributed by atoms with E-state index in [1.54, 1.807) is 0 Å². The van der Waals surface area contributed by atoms with Crippen LogP contribution in [0.25, 0.3) is 0 Å². The van der Waals surface area contributed by atoms with E-state index in [9.17, 15) is 0 Å². The van der Waals surface area contributed by atoms with E-state index in [0.717, 1.165) is 29.7 Å². The predicted octanol–water partition coefficient (Wildman–Crippen LogP) is 2.99. The molecule has 0 aromatic rings. The maximum absolute atomic E-state index is 3.56. The van der Waals surface area contributed by atoms with Gasteiger partial charge in [0.15, 0.2) is 0 Å². The summed E-state index contributed by atoms with van der Waals surface area (Å²) < 4.78 is 0. The van der Waals surface area contributed by atoms with Gasteiger partial charge in [0, 0.05) is 25.7 Å². The van der Waals surface area contributed by atoms with E-state index in [1.165, 1.54) is 45.3 Å². The minimum absolute atomic E-state index is 0.758. The van der Waals surface area contributed by atoms with Gasteiger partial charge in [-0.05, 0) is 56.4 Å². The molecule has 2 nitrogen and oxygen atoms in total. The third kappa shape index (κ3) is 3.71. The molecule has 106 valence electrons. The Morgan fingerprint density at radius 1 is 0.944 bits per heavy atom. The predicted molar refractivity (Wildman–Crippen MR) is 78.7 cm³/mol. The van der Waals surface area contributed by atoms with Gasteiger partial charge in [-0.25, -0.2) is 0 Å². The van der Waals surface area contributed by atoms with Crippen molar-refractivity contribution in [1.29, 1.82) is 0 Å². The molecular weight excluding hydrogens is 220 g/mol. The van der Waals surface area contributed by atoms with Crippen molar-refractivity contribution >= 4 is 0 Å². The Morgan fingerprint density at radius 2 is 1.61 bits per heavy atom. The molecular formula is C16H32N2. The van der Waals surface area contributed by atoms with Gasteiger partial charge in [-0.3, -0.25) is 0 Å². The average Bonchev–Trinajstić information content (AvgIpc) is 2.27. The molecule has 0 aromatic carbocycles. The maximum atomic E-state index is 3.56. The van der Waals surface area contributed by atoms with Crippen molar-refractivity contribution in [1.82, 2.24) is 10.2 Å². The van der Waals surface area contributed by atoms with Crippen LogP contribution in [0.3, 0.4) is 0 Å². The van der Waals surface area contributed by atoms with Crippen molar-refractivity contribution in [3.63, 3.8) is 0 Å². The molecule has 18 heavy (non-hydrogen) atoms. The van der Waals surface area contributed by atoms with E-state index in [2.05, 4.69) is 38.0 Å². The second-order valence-corrected chi connectivity index (χ2v) is 7.24. The fourth-order valence-corrected chi connectivity index (χ4v) is 4.35. The van der Waals surface area contributed by atoms with E-state index in [4.69, 9.17) is 0 Å². The van der Waals surface area contributed by atoms with Crippen LogP contribution in [0, 0.1) is 23.7 Å². The fraction of sp³-hybridized carbons (Fsp3) is 1.00. The number of hydrogen-bond acceptors (Lipinski definition) is 2. The molecule has 1 aliphatic carbocycles. The highest BCUT2D eigenvalue weighted by atomic mass is 15.1. The van der Waals surface area contributed by atoms with Crippen molar-refractivity contribution in [2.75, 3.05) is 26.7 Å². The summed E-state index contributed by atoms with van der Waals surface area (Å²) in [6.45, 7) is 11.2. The van der Waals surface area contributed by atoms with Crippen LogP contribution in [-0.2, 0) is 0 Å². The first kappa shape index (κ1) is 14.3. The van der Waals surface area contributed by atoms with Crippen LogP contribution >= 0.6 is 0 Å². The molecule has 0 radical (unpaired) electrons. The second kappa shape index (κ2) is 6.38. The molecule has 1 saturated carbocycles. The lowest BCUT2D eigenvalue weighted by Crippen LogP contribution is -2.47. The zero-order valence-electron chi connectivity index (χ0n) is 12.8. The Bertz CT molecular complexity index is 243. The van der Waals surface area contributed by atoms with E-state index >= 15 is 0 Å². The Balaban J connectivity index is 1.89. The summed E-state index contributed by atoms with van der Waals surface area (Å²) in [6, 6.07) is 0.758. The summed E-state index contributed by atoms with van der Waals surface area (Å²) in [6.07, 6.45) is 5.63.